The number of hydrogen-bond acceptors (Lipinski definition) is 6. The van der Waals surface area contributed by atoms with Crippen LogP contribution >= 0.6 is 0 Å². The van der Waals surface area contributed by atoms with E-state index in [0.29, 0.717) is 25.5 Å². The SMILES string of the molecule is CN(CC1CCN(C(=O)OC(C)(C)C)C1)c1ncccc1[N+](=O)[O-]. The maximum absolute atomic E-state index is 12.1. The molecule has 1 aliphatic rings. The molecule has 1 atom stereocenters. The number of anilines is 1. The molecular formula is C16H24N4O4. The zero-order chi connectivity index (χ0) is 17.9. The summed E-state index contributed by atoms with van der Waals surface area (Å²) in [6.45, 7) is 7.33. The lowest BCUT2D eigenvalue weighted by Gasteiger charge is -2.25. The van der Waals surface area contributed by atoms with Crippen LogP contribution in [0.4, 0.5) is 16.3 Å². The van der Waals surface area contributed by atoms with Gasteiger partial charge in [0.05, 0.1) is 4.92 Å². The van der Waals surface area contributed by atoms with Gasteiger partial charge in [-0.15, -0.1) is 0 Å². The summed E-state index contributed by atoms with van der Waals surface area (Å²) in [5, 5.41) is 11.1. The third kappa shape index (κ3) is 4.56. The molecule has 24 heavy (non-hydrogen) atoms. The van der Waals surface area contributed by atoms with Gasteiger partial charge in [0.1, 0.15) is 5.60 Å². The summed E-state index contributed by atoms with van der Waals surface area (Å²) in [5.41, 5.74) is -0.525. The Morgan fingerprint density at radius 1 is 1.54 bits per heavy atom. The second-order valence-corrected chi connectivity index (χ2v) is 7.06. The van der Waals surface area contributed by atoms with Crippen molar-refractivity contribution in [1.82, 2.24) is 9.88 Å². The normalized spacial score (nSPS) is 17.7. The predicted octanol–water partition coefficient (Wildman–Crippen LogP) is 2.68. The van der Waals surface area contributed by atoms with Crippen LogP contribution < -0.4 is 4.90 Å². The fourth-order valence-electron chi connectivity index (χ4n) is 2.77. The summed E-state index contributed by atoms with van der Waals surface area (Å²) < 4.78 is 5.38. The lowest BCUT2D eigenvalue weighted by atomic mass is 10.1. The summed E-state index contributed by atoms with van der Waals surface area (Å²) in [6.07, 6.45) is 2.07. The Balaban J connectivity index is 1.96. The van der Waals surface area contributed by atoms with Crippen LogP contribution in [0.1, 0.15) is 27.2 Å². The number of carbonyl (C=O) groups excluding carboxylic acids is 1. The van der Waals surface area contributed by atoms with Crippen LogP contribution in [0.5, 0.6) is 0 Å². The molecule has 2 heterocycles. The van der Waals surface area contributed by atoms with Crippen molar-refractivity contribution in [2.75, 3.05) is 31.6 Å². The molecule has 0 saturated carbocycles. The van der Waals surface area contributed by atoms with Gasteiger partial charge in [0.15, 0.2) is 0 Å². The second-order valence-electron chi connectivity index (χ2n) is 7.06. The van der Waals surface area contributed by atoms with E-state index < -0.39 is 10.5 Å². The predicted molar refractivity (Wildman–Crippen MR) is 90.1 cm³/mol. The van der Waals surface area contributed by atoms with Crippen LogP contribution in [0.25, 0.3) is 0 Å². The molecule has 2 rings (SSSR count). The maximum Gasteiger partial charge on any atom is 0.410 e. The van der Waals surface area contributed by atoms with Crippen molar-refractivity contribution in [1.29, 1.82) is 0 Å². The Morgan fingerprint density at radius 3 is 2.88 bits per heavy atom. The summed E-state index contributed by atoms with van der Waals surface area (Å²) in [6, 6.07) is 3.00. The van der Waals surface area contributed by atoms with Gasteiger partial charge in [-0.2, -0.15) is 0 Å². The van der Waals surface area contributed by atoms with Crippen LogP contribution in [0.3, 0.4) is 0 Å². The van der Waals surface area contributed by atoms with E-state index in [1.165, 1.54) is 6.07 Å². The average Bonchev–Trinajstić information content (AvgIpc) is 2.94. The minimum Gasteiger partial charge on any atom is -0.444 e. The highest BCUT2D eigenvalue weighted by molar-refractivity contribution is 5.68. The van der Waals surface area contributed by atoms with E-state index in [-0.39, 0.29) is 17.7 Å². The molecule has 0 N–H and O–H groups in total. The number of nitrogens with zero attached hydrogens (tertiary/aromatic N) is 4. The van der Waals surface area contributed by atoms with E-state index in [1.54, 1.807) is 29.1 Å². The van der Waals surface area contributed by atoms with Crippen LogP contribution in [-0.4, -0.2) is 53.2 Å². The Labute approximate surface area is 141 Å². The molecule has 0 aromatic carbocycles. The molecule has 1 fully saturated rings. The quantitative estimate of drug-likeness (QED) is 0.620. The Kier molecular flexibility index (Phi) is 5.26. The van der Waals surface area contributed by atoms with E-state index in [0.717, 1.165) is 6.42 Å². The molecule has 0 bridgehead atoms. The first-order chi connectivity index (χ1) is 11.2. The number of carbonyl (C=O) groups is 1. The summed E-state index contributed by atoms with van der Waals surface area (Å²) in [7, 11) is 1.78. The topological polar surface area (TPSA) is 88.8 Å². The molecule has 8 nitrogen and oxygen atoms in total. The van der Waals surface area contributed by atoms with Crippen LogP contribution in [0.2, 0.25) is 0 Å². The third-order valence-corrected chi connectivity index (χ3v) is 3.79. The Hall–Kier alpha value is -2.38. The summed E-state index contributed by atoms with van der Waals surface area (Å²) in [4.78, 5) is 30.4. The van der Waals surface area contributed by atoms with Crippen molar-refractivity contribution in [3.63, 3.8) is 0 Å². The van der Waals surface area contributed by atoms with Crippen LogP contribution in [0.15, 0.2) is 18.3 Å². The van der Waals surface area contributed by atoms with Gasteiger partial charge in [-0.25, -0.2) is 9.78 Å². The number of nitro groups is 1. The zero-order valence-corrected chi connectivity index (χ0v) is 14.6. The molecule has 1 aliphatic heterocycles. The standard InChI is InChI=1S/C16H24N4O4/c1-16(2,3)24-15(21)19-9-7-12(11-19)10-18(4)14-13(20(22)23)6-5-8-17-14/h5-6,8,12H,7,9-11H2,1-4H3. The monoisotopic (exact) mass is 336 g/mol. The molecule has 1 aromatic heterocycles. The van der Waals surface area contributed by atoms with Crippen LogP contribution in [0, 0.1) is 16.0 Å². The first-order valence-corrected chi connectivity index (χ1v) is 7.96. The van der Waals surface area contributed by atoms with Crippen molar-refractivity contribution in [2.24, 2.45) is 5.92 Å². The van der Waals surface area contributed by atoms with Crippen molar-refractivity contribution < 1.29 is 14.5 Å². The van der Waals surface area contributed by atoms with Gasteiger partial charge in [-0.1, -0.05) is 0 Å². The molecule has 1 unspecified atom stereocenters. The van der Waals surface area contributed by atoms with E-state index in [1.807, 2.05) is 20.8 Å². The van der Waals surface area contributed by atoms with Gasteiger partial charge in [0.2, 0.25) is 5.82 Å². The van der Waals surface area contributed by atoms with Gasteiger partial charge in [-0.05, 0) is 39.2 Å². The number of ether oxygens (including phenoxy) is 1. The highest BCUT2D eigenvalue weighted by Gasteiger charge is 2.31. The smallest absolute Gasteiger partial charge is 0.410 e. The Bertz CT molecular complexity index is 614. The minimum absolute atomic E-state index is 0.0120. The molecule has 1 aromatic rings. The van der Waals surface area contributed by atoms with Gasteiger partial charge >= 0.3 is 11.8 Å². The first-order valence-electron chi connectivity index (χ1n) is 7.96. The van der Waals surface area contributed by atoms with Crippen molar-refractivity contribution in [3.05, 3.63) is 28.4 Å². The maximum atomic E-state index is 12.1. The second kappa shape index (κ2) is 7.02. The molecular weight excluding hydrogens is 312 g/mol. The molecule has 1 amide bonds. The van der Waals surface area contributed by atoms with Crippen molar-refractivity contribution >= 4 is 17.6 Å². The number of hydrogen-bond donors (Lipinski definition) is 0. The highest BCUT2D eigenvalue weighted by atomic mass is 16.6. The molecule has 8 heteroatoms. The molecule has 1 saturated heterocycles. The first kappa shape index (κ1) is 18.0. The van der Waals surface area contributed by atoms with Gasteiger partial charge in [0.25, 0.3) is 0 Å². The summed E-state index contributed by atoms with van der Waals surface area (Å²) in [5.74, 6) is 0.572. The van der Waals surface area contributed by atoms with Crippen LogP contribution in [-0.2, 0) is 4.74 Å². The molecule has 0 spiro atoms. The number of amides is 1. The third-order valence-electron chi connectivity index (χ3n) is 3.79. The molecule has 132 valence electrons. The van der Waals surface area contributed by atoms with E-state index in [2.05, 4.69) is 4.98 Å². The summed E-state index contributed by atoms with van der Waals surface area (Å²) >= 11 is 0. The van der Waals surface area contributed by atoms with E-state index >= 15 is 0 Å². The lowest BCUT2D eigenvalue weighted by molar-refractivity contribution is -0.384. The molecule has 0 radical (unpaired) electrons. The van der Waals surface area contributed by atoms with Gasteiger partial charge in [0, 0.05) is 38.9 Å². The largest absolute Gasteiger partial charge is 0.444 e. The number of likely N-dealkylation sites (tertiary alicyclic amines) is 1. The van der Waals surface area contributed by atoms with Crippen molar-refractivity contribution in [3.8, 4) is 0 Å². The number of rotatable bonds is 4. The molecule has 0 aliphatic carbocycles. The van der Waals surface area contributed by atoms with Gasteiger partial charge in [-0.3, -0.25) is 10.1 Å². The number of aromatic nitrogens is 1. The minimum atomic E-state index is -0.513. The number of pyridine rings is 1. The van der Waals surface area contributed by atoms with Gasteiger partial charge < -0.3 is 14.5 Å². The van der Waals surface area contributed by atoms with E-state index in [9.17, 15) is 14.9 Å². The fraction of sp³-hybridized carbons (Fsp3) is 0.625. The Morgan fingerprint density at radius 2 is 2.25 bits per heavy atom. The van der Waals surface area contributed by atoms with E-state index in [4.69, 9.17) is 4.74 Å². The lowest BCUT2D eigenvalue weighted by Crippen LogP contribution is -2.36. The zero-order valence-electron chi connectivity index (χ0n) is 14.6. The average molecular weight is 336 g/mol. The highest BCUT2D eigenvalue weighted by Crippen LogP contribution is 2.26. The van der Waals surface area contributed by atoms with Crippen molar-refractivity contribution in [2.45, 2.75) is 32.8 Å². The fourth-order valence-corrected chi connectivity index (χ4v) is 2.77.